The average molecular weight is 233 g/mol. The second-order valence-corrected chi connectivity index (χ2v) is 5.02. The van der Waals surface area contributed by atoms with Gasteiger partial charge in [-0.1, -0.05) is 31.0 Å². The van der Waals surface area contributed by atoms with E-state index < -0.39 is 0 Å². The van der Waals surface area contributed by atoms with Crippen LogP contribution >= 0.6 is 0 Å². The van der Waals surface area contributed by atoms with Crippen molar-refractivity contribution >= 4 is 0 Å². The fraction of sp³-hybridized carbons (Fsp3) is 0.600. The predicted octanol–water partition coefficient (Wildman–Crippen LogP) is 3.02. The quantitative estimate of drug-likeness (QED) is 0.781. The molecule has 1 aliphatic rings. The van der Waals surface area contributed by atoms with Crippen LogP contribution in [0.1, 0.15) is 31.2 Å². The van der Waals surface area contributed by atoms with E-state index >= 15 is 0 Å². The normalized spacial score (nSPS) is 16.8. The van der Waals surface area contributed by atoms with E-state index in [1.54, 1.807) is 7.11 Å². The van der Waals surface area contributed by atoms with Crippen molar-refractivity contribution in [2.75, 3.05) is 14.2 Å². The van der Waals surface area contributed by atoms with Crippen LogP contribution in [0.3, 0.4) is 0 Å². The van der Waals surface area contributed by atoms with Crippen molar-refractivity contribution in [1.29, 1.82) is 0 Å². The summed E-state index contributed by atoms with van der Waals surface area (Å²) in [5.41, 5.74) is 1.31. The third-order valence-corrected chi connectivity index (χ3v) is 3.69. The van der Waals surface area contributed by atoms with Crippen LogP contribution in [0.4, 0.5) is 0 Å². The largest absolute Gasteiger partial charge is 0.496 e. The Labute approximate surface area is 104 Å². The molecule has 0 aromatic heterocycles. The summed E-state index contributed by atoms with van der Waals surface area (Å²) in [7, 11) is 3.81. The van der Waals surface area contributed by atoms with Gasteiger partial charge in [-0.25, -0.2) is 0 Å². The number of hydrogen-bond donors (Lipinski definition) is 1. The lowest BCUT2D eigenvalue weighted by Gasteiger charge is -2.17. The van der Waals surface area contributed by atoms with Gasteiger partial charge in [-0.2, -0.15) is 0 Å². The second-order valence-electron chi connectivity index (χ2n) is 5.02. The Morgan fingerprint density at radius 1 is 1.35 bits per heavy atom. The van der Waals surface area contributed by atoms with Crippen LogP contribution in [0, 0.1) is 5.92 Å². The van der Waals surface area contributed by atoms with E-state index in [9.17, 15) is 0 Å². The van der Waals surface area contributed by atoms with E-state index in [1.807, 2.05) is 12.1 Å². The van der Waals surface area contributed by atoms with Gasteiger partial charge in [0.15, 0.2) is 0 Å². The monoisotopic (exact) mass is 233 g/mol. The maximum atomic E-state index is 5.40. The van der Waals surface area contributed by atoms with E-state index in [0.29, 0.717) is 6.04 Å². The molecule has 1 aromatic rings. The van der Waals surface area contributed by atoms with Crippen molar-refractivity contribution in [2.24, 2.45) is 5.92 Å². The molecule has 1 atom stereocenters. The standard InChI is InChI=1S/C15H23NO/c1-16-14(10-9-12-7-8-12)11-13-5-3-4-6-15(13)17-2/h3-6,12,14,16H,7-11H2,1-2H3. The molecule has 1 aromatic carbocycles. The minimum atomic E-state index is 0.576. The molecule has 0 heterocycles. The number of rotatable bonds is 7. The fourth-order valence-electron chi connectivity index (χ4n) is 2.33. The van der Waals surface area contributed by atoms with Crippen LogP contribution in [-0.4, -0.2) is 20.2 Å². The smallest absolute Gasteiger partial charge is 0.122 e. The number of hydrogen-bond acceptors (Lipinski definition) is 2. The molecule has 2 heteroatoms. The highest BCUT2D eigenvalue weighted by molar-refractivity contribution is 5.33. The number of likely N-dealkylation sites (N-methyl/N-ethyl adjacent to an activating group) is 1. The molecule has 2 nitrogen and oxygen atoms in total. The van der Waals surface area contributed by atoms with Crippen LogP contribution in [0.15, 0.2) is 24.3 Å². The van der Waals surface area contributed by atoms with Crippen molar-refractivity contribution in [3.05, 3.63) is 29.8 Å². The van der Waals surface area contributed by atoms with E-state index in [-0.39, 0.29) is 0 Å². The number of para-hydroxylation sites is 1. The summed E-state index contributed by atoms with van der Waals surface area (Å²) in [5, 5.41) is 3.43. The first-order valence-electron chi connectivity index (χ1n) is 6.62. The second kappa shape index (κ2) is 6.06. The lowest BCUT2D eigenvalue weighted by Crippen LogP contribution is -2.27. The Balaban J connectivity index is 1.91. The van der Waals surface area contributed by atoms with Crippen LogP contribution < -0.4 is 10.1 Å². The van der Waals surface area contributed by atoms with Crippen molar-refractivity contribution in [3.63, 3.8) is 0 Å². The van der Waals surface area contributed by atoms with E-state index in [2.05, 4.69) is 24.5 Å². The molecule has 0 radical (unpaired) electrons. The molecular weight excluding hydrogens is 210 g/mol. The third-order valence-electron chi connectivity index (χ3n) is 3.69. The highest BCUT2D eigenvalue weighted by Crippen LogP contribution is 2.34. The Kier molecular flexibility index (Phi) is 4.43. The van der Waals surface area contributed by atoms with E-state index in [1.165, 1.54) is 31.2 Å². The number of ether oxygens (including phenoxy) is 1. The van der Waals surface area contributed by atoms with Gasteiger partial charge in [0.05, 0.1) is 7.11 Å². The lowest BCUT2D eigenvalue weighted by molar-refractivity contribution is 0.403. The Hall–Kier alpha value is -1.02. The average Bonchev–Trinajstić information content (AvgIpc) is 3.19. The summed E-state index contributed by atoms with van der Waals surface area (Å²) in [6.45, 7) is 0. The molecule has 94 valence electrons. The highest BCUT2D eigenvalue weighted by Gasteiger charge is 2.22. The first-order chi connectivity index (χ1) is 8.33. The third kappa shape index (κ3) is 3.74. The molecule has 1 aliphatic carbocycles. The zero-order valence-corrected chi connectivity index (χ0v) is 10.9. The molecule has 17 heavy (non-hydrogen) atoms. The number of nitrogens with one attached hydrogen (secondary N) is 1. The maximum Gasteiger partial charge on any atom is 0.122 e. The van der Waals surface area contributed by atoms with Gasteiger partial charge in [-0.05, 0) is 43.9 Å². The first-order valence-corrected chi connectivity index (χ1v) is 6.62. The van der Waals surface area contributed by atoms with Gasteiger partial charge in [-0.15, -0.1) is 0 Å². The topological polar surface area (TPSA) is 21.3 Å². The highest BCUT2D eigenvalue weighted by atomic mass is 16.5. The first kappa shape index (κ1) is 12.4. The zero-order valence-electron chi connectivity index (χ0n) is 10.9. The molecule has 1 N–H and O–H groups in total. The van der Waals surface area contributed by atoms with Crippen LogP contribution in [-0.2, 0) is 6.42 Å². The fourth-order valence-corrected chi connectivity index (χ4v) is 2.33. The van der Waals surface area contributed by atoms with Gasteiger partial charge in [0.2, 0.25) is 0 Å². The van der Waals surface area contributed by atoms with E-state index in [0.717, 1.165) is 18.1 Å². The van der Waals surface area contributed by atoms with Gasteiger partial charge in [0, 0.05) is 6.04 Å². The lowest BCUT2D eigenvalue weighted by atomic mass is 10.00. The zero-order chi connectivity index (χ0) is 12.1. The summed E-state index contributed by atoms with van der Waals surface area (Å²) in [6.07, 6.45) is 6.61. The molecule has 0 spiro atoms. The van der Waals surface area contributed by atoms with E-state index in [4.69, 9.17) is 4.74 Å². The molecular formula is C15H23NO. The Morgan fingerprint density at radius 3 is 2.76 bits per heavy atom. The van der Waals surface area contributed by atoms with Crippen molar-refractivity contribution in [2.45, 2.75) is 38.1 Å². The SMILES string of the molecule is CNC(CCC1CC1)Cc1ccccc1OC. The summed E-state index contributed by atoms with van der Waals surface area (Å²) >= 11 is 0. The minimum absolute atomic E-state index is 0.576. The minimum Gasteiger partial charge on any atom is -0.496 e. The van der Waals surface area contributed by atoms with Gasteiger partial charge in [0.25, 0.3) is 0 Å². The molecule has 0 bridgehead atoms. The number of methoxy groups -OCH3 is 1. The van der Waals surface area contributed by atoms with Crippen molar-refractivity contribution in [1.82, 2.24) is 5.32 Å². The molecule has 0 amide bonds. The van der Waals surface area contributed by atoms with Crippen molar-refractivity contribution in [3.8, 4) is 5.75 Å². The summed E-state index contributed by atoms with van der Waals surface area (Å²) in [4.78, 5) is 0. The summed E-state index contributed by atoms with van der Waals surface area (Å²) in [5.74, 6) is 2.03. The predicted molar refractivity (Wildman–Crippen MR) is 71.5 cm³/mol. The molecule has 0 saturated heterocycles. The van der Waals surface area contributed by atoms with Crippen LogP contribution in [0.25, 0.3) is 0 Å². The molecule has 1 fully saturated rings. The van der Waals surface area contributed by atoms with Gasteiger partial charge in [-0.3, -0.25) is 0 Å². The molecule has 1 saturated carbocycles. The number of benzene rings is 1. The molecule has 2 rings (SSSR count). The van der Waals surface area contributed by atoms with Crippen LogP contribution in [0.5, 0.6) is 5.75 Å². The Bertz CT molecular complexity index is 347. The summed E-state index contributed by atoms with van der Waals surface area (Å²) < 4.78 is 5.40. The van der Waals surface area contributed by atoms with Gasteiger partial charge < -0.3 is 10.1 Å². The molecule has 1 unspecified atom stereocenters. The van der Waals surface area contributed by atoms with Gasteiger partial charge >= 0.3 is 0 Å². The summed E-state index contributed by atoms with van der Waals surface area (Å²) in [6, 6.07) is 8.90. The Morgan fingerprint density at radius 2 is 2.12 bits per heavy atom. The van der Waals surface area contributed by atoms with Crippen molar-refractivity contribution < 1.29 is 4.74 Å². The maximum absolute atomic E-state index is 5.40. The molecule has 0 aliphatic heterocycles. The van der Waals surface area contributed by atoms with Crippen LogP contribution in [0.2, 0.25) is 0 Å². The van der Waals surface area contributed by atoms with Gasteiger partial charge in [0.1, 0.15) is 5.75 Å².